The van der Waals surface area contributed by atoms with E-state index in [1.54, 1.807) is 12.3 Å². The molecular weight excluding hydrogens is 215 g/mol. The standard InChI is InChI=1S/C14H15FN2/c15-13-8-10(9-17-11-4-5-11)3-6-12(13)14-2-1-7-16-14/h1-3,6-8,11,16-17H,4-5,9H2. The van der Waals surface area contributed by atoms with Crippen molar-refractivity contribution >= 4 is 0 Å². The van der Waals surface area contributed by atoms with Gasteiger partial charge < -0.3 is 10.3 Å². The van der Waals surface area contributed by atoms with E-state index in [0.717, 1.165) is 17.8 Å². The second-order valence-electron chi connectivity index (χ2n) is 4.55. The highest BCUT2D eigenvalue weighted by molar-refractivity contribution is 5.60. The van der Waals surface area contributed by atoms with Crippen LogP contribution in [0.4, 0.5) is 4.39 Å². The summed E-state index contributed by atoms with van der Waals surface area (Å²) in [6, 6.07) is 9.84. The normalized spacial score (nSPS) is 15.1. The third kappa shape index (κ3) is 2.39. The Labute approximate surface area is 99.9 Å². The van der Waals surface area contributed by atoms with E-state index in [2.05, 4.69) is 10.3 Å². The van der Waals surface area contributed by atoms with Gasteiger partial charge in [-0.15, -0.1) is 0 Å². The minimum absolute atomic E-state index is 0.164. The van der Waals surface area contributed by atoms with Crippen LogP contribution in [0.2, 0.25) is 0 Å². The molecule has 17 heavy (non-hydrogen) atoms. The Morgan fingerprint density at radius 2 is 2.18 bits per heavy atom. The van der Waals surface area contributed by atoms with E-state index in [-0.39, 0.29) is 5.82 Å². The second-order valence-corrected chi connectivity index (χ2v) is 4.55. The van der Waals surface area contributed by atoms with Crippen LogP contribution < -0.4 is 5.32 Å². The van der Waals surface area contributed by atoms with Gasteiger partial charge in [0, 0.05) is 30.0 Å². The van der Waals surface area contributed by atoms with Crippen LogP contribution in [-0.2, 0) is 6.54 Å². The lowest BCUT2D eigenvalue weighted by Crippen LogP contribution is -2.15. The first-order valence-corrected chi connectivity index (χ1v) is 5.98. The average molecular weight is 230 g/mol. The lowest BCUT2D eigenvalue weighted by Gasteiger charge is -2.06. The van der Waals surface area contributed by atoms with Crippen molar-refractivity contribution in [3.8, 4) is 11.3 Å². The van der Waals surface area contributed by atoms with E-state index in [4.69, 9.17) is 0 Å². The summed E-state index contributed by atoms with van der Waals surface area (Å²) in [5.74, 6) is -0.164. The maximum atomic E-state index is 13.9. The van der Waals surface area contributed by atoms with Gasteiger partial charge in [0.15, 0.2) is 0 Å². The molecule has 1 saturated carbocycles. The molecular formula is C14H15FN2. The molecule has 2 N–H and O–H groups in total. The molecule has 0 amide bonds. The predicted octanol–water partition coefficient (Wildman–Crippen LogP) is 3.07. The number of benzene rings is 1. The monoisotopic (exact) mass is 230 g/mol. The maximum absolute atomic E-state index is 13.9. The molecule has 1 fully saturated rings. The van der Waals surface area contributed by atoms with Crippen molar-refractivity contribution in [1.82, 2.24) is 10.3 Å². The number of H-pyrrole nitrogens is 1. The summed E-state index contributed by atoms with van der Waals surface area (Å²) in [4.78, 5) is 3.02. The highest BCUT2D eigenvalue weighted by Gasteiger charge is 2.20. The van der Waals surface area contributed by atoms with Crippen molar-refractivity contribution in [1.29, 1.82) is 0 Å². The molecule has 88 valence electrons. The van der Waals surface area contributed by atoms with Gasteiger partial charge in [0.1, 0.15) is 5.82 Å². The largest absolute Gasteiger partial charge is 0.361 e. The number of aromatic nitrogens is 1. The molecule has 3 heteroatoms. The molecule has 1 aromatic heterocycles. The van der Waals surface area contributed by atoms with Gasteiger partial charge in [-0.3, -0.25) is 0 Å². The number of nitrogens with one attached hydrogen (secondary N) is 2. The number of rotatable bonds is 4. The smallest absolute Gasteiger partial charge is 0.132 e. The second kappa shape index (κ2) is 4.34. The van der Waals surface area contributed by atoms with E-state index < -0.39 is 0 Å². The molecule has 0 spiro atoms. The SMILES string of the molecule is Fc1cc(CNC2CC2)ccc1-c1ccc[nH]1. The van der Waals surface area contributed by atoms with E-state index in [9.17, 15) is 4.39 Å². The topological polar surface area (TPSA) is 27.8 Å². The fraction of sp³-hybridized carbons (Fsp3) is 0.286. The first-order valence-electron chi connectivity index (χ1n) is 5.98. The van der Waals surface area contributed by atoms with Crippen LogP contribution >= 0.6 is 0 Å². The number of aromatic amines is 1. The van der Waals surface area contributed by atoms with Gasteiger partial charge in [-0.2, -0.15) is 0 Å². The number of hydrogen-bond acceptors (Lipinski definition) is 1. The highest BCUT2D eigenvalue weighted by atomic mass is 19.1. The Morgan fingerprint density at radius 1 is 1.29 bits per heavy atom. The van der Waals surface area contributed by atoms with Gasteiger partial charge in [0.05, 0.1) is 0 Å². The lowest BCUT2D eigenvalue weighted by atomic mass is 10.1. The van der Waals surface area contributed by atoms with Crippen LogP contribution in [0.3, 0.4) is 0 Å². The van der Waals surface area contributed by atoms with Crippen molar-refractivity contribution in [2.24, 2.45) is 0 Å². The first kappa shape index (κ1) is 10.5. The van der Waals surface area contributed by atoms with Crippen molar-refractivity contribution < 1.29 is 4.39 Å². The van der Waals surface area contributed by atoms with Crippen molar-refractivity contribution in [3.63, 3.8) is 0 Å². The highest BCUT2D eigenvalue weighted by Crippen LogP contribution is 2.23. The Morgan fingerprint density at radius 3 is 2.82 bits per heavy atom. The van der Waals surface area contributed by atoms with Crippen LogP contribution in [0.1, 0.15) is 18.4 Å². The average Bonchev–Trinajstić information content (AvgIpc) is 3.01. The molecule has 1 aromatic carbocycles. The lowest BCUT2D eigenvalue weighted by molar-refractivity contribution is 0.622. The summed E-state index contributed by atoms with van der Waals surface area (Å²) in [5, 5.41) is 3.38. The molecule has 0 saturated heterocycles. The van der Waals surface area contributed by atoms with E-state index >= 15 is 0 Å². The maximum Gasteiger partial charge on any atom is 0.132 e. The summed E-state index contributed by atoms with van der Waals surface area (Å²) < 4.78 is 13.9. The van der Waals surface area contributed by atoms with Crippen LogP contribution in [0.5, 0.6) is 0 Å². The van der Waals surface area contributed by atoms with Gasteiger partial charge in [-0.25, -0.2) is 4.39 Å². The minimum Gasteiger partial charge on any atom is -0.361 e. The number of hydrogen-bond donors (Lipinski definition) is 2. The van der Waals surface area contributed by atoms with E-state index in [1.807, 2.05) is 24.3 Å². The first-order chi connectivity index (χ1) is 8.33. The van der Waals surface area contributed by atoms with Crippen LogP contribution in [0, 0.1) is 5.82 Å². The van der Waals surface area contributed by atoms with Crippen LogP contribution in [0.15, 0.2) is 36.5 Å². The number of halogens is 1. The fourth-order valence-corrected chi connectivity index (χ4v) is 1.93. The summed E-state index contributed by atoms with van der Waals surface area (Å²) in [5.41, 5.74) is 2.46. The summed E-state index contributed by atoms with van der Waals surface area (Å²) in [6.45, 7) is 0.757. The summed E-state index contributed by atoms with van der Waals surface area (Å²) >= 11 is 0. The molecule has 1 aliphatic carbocycles. The molecule has 0 atom stereocenters. The van der Waals surface area contributed by atoms with Gasteiger partial charge in [0.2, 0.25) is 0 Å². The molecule has 1 heterocycles. The summed E-state index contributed by atoms with van der Waals surface area (Å²) in [6.07, 6.45) is 4.31. The molecule has 2 aromatic rings. The fourth-order valence-electron chi connectivity index (χ4n) is 1.93. The molecule has 2 nitrogen and oxygen atoms in total. The Bertz CT molecular complexity index is 501. The molecule has 3 rings (SSSR count). The van der Waals surface area contributed by atoms with Crippen molar-refractivity contribution in [2.75, 3.05) is 0 Å². The van der Waals surface area contributed by atoms with Crippen molar-refractivity contribution in [2.45, 2.75) is 25.4 Å². The Kier molecular flexibility index (Phi) is 2.69. The Balaban J connectivity index is 1.78. The quantitative estimate of drug-likeness (QED) is 0.830. The third-order valence-electron chi connectivity index (χ3n) is 3.09. The third-order valence-corrected chi connectivity index (χ3v) is 3.09. The predicted molar refractivity (Wildman–Crippen MR) is 66.0 cm³/mol. The minimum atomic E-state index is -0.164. The molecule has 1 aliphatic rings. The van der Waals surface area contributed by atoms with Crippen LogP contribution in [-0.4, -0.2) is 11.0 Å². The van der Waals surface area contributed by atoms with Crippen LogP contribution in [0.25, 0.3) is 11.3 Å². The van der Waals surface area contributed by atoms with Gasteiger partial charge in [0.25, 0.3) is 0 Å². The molecule has 0 radical (unpaired) electrons. The van der Waals surface area contributed by atoms with E-state index in [1.165, 1.54) is 12.8 Å². The van der Waals surface area contributed by atoms with E-state index in [0.29, 0.717) is 11.6 Å². The van der Waals surface area contributed by atoms with Gasteiger partial charge in [-0.1, -0.05) is 6.07 Å². The van der Waals surface area contributed by atoms with Crippen molar-refractivity contribution in [3.05, 3.63) is 47.9 Å². The Hall–Kier alpha value is -1.61. The molecule has 0 aliphatic heterocycles. The molecule has 0 bridgehead atoms. The molecule has 0 unspecified atom stereocenters. The van der Waals surface area contributed by atoms with Gasteiger partial charge >= 0.3 is 0 Å². The summed E-state index contributed by atoms with van der Waals surface area (Å²) in [7, 11) is 0. The zero-order valence-corrected chi connectivity index (χ0v) is 9.54. The zero-order valence-electron chi connectivity index (χ0n) is 9.54. The van der Waals surface area contributed by atoms with Gasteiger partial charge in [-0.05, 0) is 42.7 Å². The zero-order chi connectivity index (χ0) is 11.7.